The zero-order valence-corrected chi connectivity index (χ0v) is 11.0. The molecule has 2 rings (SSSR count). The molecular formula is C14H29NO. The molecule has 2 nitrogen and oxygen atoms in total. The second kappa shape index (κ2) is 6.61. The Balaban J connectivity index is 0.00000128. The molecule has 1 saturated heterocycles. The van der Waals surface area contributed by atoms with Crippen LogP contribution in [0.3, 0.4) is 0 Å². The van der Waals surface area contributed by atoms with E-state index in [0.29, 0.717) is 0 Å². The highest BCUT2D eigenvalue weighted by atomic mass is 16.0. The Hall–Kier alpha value is -0.0800. The summed E-state index contributed by atoms with van der Waals surface area (Å²) in [5, 5.41) is 0. The van der Waals surface area contributed by atoms with Gasteiger partial charge in [0.25, 0.3) is 0 Å². The van der Waals surface area contributed by atoms with Crippen LogP contribution in [0.2, 0.25) is 0 Å². The molecule has 0 bridgehead atoms. The lowest BCUT2D eigenvalue weighted by Gasteiger charge is -2.43. The van der Waals surface area contributed by atoms with Crippen LogP contribution < -0.4 is 0 Å². The molecular weight excluding hydrogens is 198 g/mol. The Kier molecular flexibility index (Phi) is 5.77. The van der Waals surface area contributed by atoms with E-state index in [0.717, 1.165) is 6.04 Å². The molecule has 0 unspecified atom stereocenters. The Morgan fingerprint density at radius 2 is 1.56 bits per heavy atom. The van der Waals surface area contributed by atoms with Crippen molar-refractivity contribution < 1.29 is 9.96 Å². The number of likely N-dealkylation sites (tertiary alicyclic amines) is 1. The molecule has 2 aliphatic rings. The van der Waals surface area contributed by atoms with Crippen molar-refractivity contribution in [3.63, 3.8) is 0 Å². The van der Waals surface area contributed by atoms with E-state index in [9.17, 15) is 0 Å². The molecule has 1 aliphatic heterocycles. The van der Waals surface area contributed by atoms with Gasteiger partial charge in [0.15, 0.2) is 0 Å². The lowest BCUT2D eigenvalue weighted by Crippen LogP contribution is -2.54. The van der Waals surface area contributed by atoms with Gasteiger partial charge in [0.1, 0.15) is 0 Å². The Labute approximate surface area is 101 Å². The highest BCUT2D eigenvalue weighted by molar-refractivity contribution is 4.70. The van der Waals surface area contributed by atoms with E-state index < -0.39 is 0 Å². The van der Waals surface area contributed by atoms with Crippen LogP contribution in [-0.4, -0.2) is 35.6 Å². The first-order valence-electron chi connectivity index (χ1n) is 7.23. The predicted molar refractivity (Wildman–Crippen MR) is 67.8 cm³/mol. The van der Waals surface area contributed by atoms with Crippen molar-refractivity contribution in [1.29, 1.82) is 0 Å². The molecule has 0 aromatic carbocycles. The van der Waals surface area contributed by atoms with Gasteiger partial charge < -0.3 is 9.96 Å². The van der Waals surface area contributed by atoms with Gasteiger partial charge >= 0.3 is 0 Å². The van der Waals surface area contributed by atoms with Crippen molar-refractivity contribution in [3.8, 4) is 0 Å². The second-order valence-corrected chi connectivity index (χ2v) is 5.74. The summed E-state index contributed by atoms with van der Waals surface area (Å²) in [4.78, 5) is 0. The van der Waals surface area contributed by atoms with Crippen LogP contribution in [0.15, 0.2) is 0 Å². The molecule has 1 saturated carbocycles. The van der Waals surface area contributed by atoms with Crippen molar-refractivity contribution >= 4 is 0 Å². The third-order valence-electron chi connectivity index (χ3n) is 4.76. The van der Waals surface area contributed by atoms with Gasteiger partial charge in [-0.2, -0.15) is 0 Å². The first-order chi connectivity index (χ1) is 7.37. The predicted octanol–water partition coefficient (Wildman–Crippen LogP) is 3.55. The summed E-state index contributed by atoms with van der Waals surface area (Å²) in [7, 11) is 0. The number of nitrogens with zero attached hydrogens (tertiary/aromatic N) is 1. The summed E-state index contributed by atoms with van der Waals surface area (Å²) in [5.74, 6) is 0. The molecule has 0 spiro atoms. The van der Waals surface area contributed by atoms with E-state index >= 15 is 0 Å². The maximum absolute atomic E-state index is 2.34. The van der Waals surface area contributed by atoms with E-state index in [4.69, 9.17) is 0 Å². The van der Waals surface area contributed by atoms with E-state index in [1.165, 1.54) is 81.9 Å². The fraction of sp³-hybridized carbons (Fsp3) is 1.00. The van der Waals surface area contributed by atoms with E-state index in [-0.39, 0.29) is 5.48 Å². The molecule has 0 aromatic rings. The van der Waals surface area contributed by atoms with Gasteiger partial charge in [-0.3, -0.25) is 0 Å². The zero-order valence-electron chi connectivity index (χ0n) is 11.0. The molecule has 0 radical (unpaired) electrons. The second-order valence-electron chi connectivity index (χ2n) is 5.74. The summed E-state index contributed by atoms with van der Waals surface area (Å²) in [6.07, 6.45) is 13.4. The summed E-state index contributed by atoms with van der Waals surface area (Å²) in [5.41, 5.74) is 0. The van der Waals surface area contributed by atoms with Crippen molar-refractivity contribution in [1.82, 2.24) is 0 Å². The quantitative estimate of drug-likeness (QED) is 0.675. The molecule has 0 aromatic heterocycles. The van der Waals surface area contributed by atoms with Crippen LogP contribution in [0.4, 0.5) is 0 Å². The minimum atomic E-state index is 0. The topological polar surface area (TPSA) is 30.0 Å². The van der Waals surface area contributed by atoms with Gasteiger partial charge in [-0.15, -0.1) is 0 Å². The van der Waals surface area contributed by atoms with E-state index in [1.807, 2.05) is 0 Å². The van der Waals surface area contributed by atoms with Crippen LogP contribution in [0.1, 0.15) is 64.7 Å². The van der Waals surface area contributed by atoms with Crippen molar-refractivity contribution in [2.24, 2.45) is 0 Å². The minimum absolute atomic E-state index is 0. The lowest BCUT2D eigenvalue weighted by atomic mass is 9.92. The van der Waals surface area contributed by atoms with Crippen LogP contribution >= 0.6 is 0 Å². The SMILES string of the molecule is CCCC[N+]1(C2CCCCC2)CCCC1.[OH-]. The Morgan fingerprint density at radius 3 is 2.12 bits per heavy atom. The normalized spacial score (nSPS) is 25.3. The van der Waals surface area contributed by atoms with Gasteiger partial charge in [0, 0.05) is 12.8 Å². The molecule has 0 atom stereocenters. The van der Waals surface area contributed by atoms with Crippen LogP contribution in [0.5, 0.6) is 0 Å². The van der Waals surface area contributed by atoms with Gasteiger partial charge in [0.05, 0.1) is 25.7 Å². The first-order valence-corrected chi connectivity index (χ1v) is 7.23. The minimum Gasteiger partial charge on any atom is -0.870 e. The summed E-state index contributed by atoms with van der Waals surface area (Å²) in [6, 6.07) is 1.05. The van der Waals surface area contributed by atoms with Gasteiger partial charge in [-0.25, -0.2) is 0 Å². The monoisotopic (exact) mass is 227 g/mol. The first kappa shape index (κ1) is 14.0. The summed E-state index contributed by atoms with van der Waals surface area (Å²) < 4.78 is 1.52. The summed E-state index contributed by atoms with van der Waals surface area (Å²) >= 11 is 0. The molecule has 1 aliphatic carbocycles. The number of unbranched alkanes of at least 4 members (excludes halogenated alkanes) is 1. The molecule has 2 heteroatoms. The van der Waals surface area contributed by atoms with E-state index in [1.54, 1.807) is 0 Å². The molecule has 16 heavy (non-hydrogen) atoms. The molecule has 1 N–H and O–H groups in total. The molecule has 0 amide bonds. The Morgan fingerprint density at radius 1 is 0.938 bits per heavy atom. The summed E-state index contributed by atoms with van der Waals surface area (Å²) in [6.45, 7) is 6.84. The van der Waals surface area contributed by atoms with Gasteiger partial charge in [-0.05, 0) is 32.1 Å². The van der Waals surface area contributed by atoms with Crippen molar-refractivity contribution in [2.45, 2.75) is 70.8 Å². The van der Waals surface area contributed by atoms with Gasteiger partial charge in [-0.1, -0.05) is 19.8 Å². The van der Waals surface area contributed by atoms with Crippen LogP contribution in [-0.2, 0) is 0 Å². The highest BCUT2D eigenvalue weighted by Crippen LogP contribution is 2.33. The zero-order chi connectivity index (χ0) is 10.6. The molecule has 96 valence electrons. The number of quaternary nitrogens is 1. The van der Waals surface area contributed by atoms with Crippen LogP contribution in [0.25, 0.3) is 0 Å². The van der Waals surface area contributed by atoms with Crippen molar-refractivity contribution in [2.75, 3.05) is 19.6 Å². The molecule has 2 fully saturated rings. The average Bonchev–Trinajstić information content (AvgIpc) is 2.78. The average molecular weight is 227 g/mol. The third kappa shape index (κ3) is 2.98. The third-order valence-corrected chi connectivity index (χ3v) is 4.76. The largest absolute Gasteiger partial charge is 0.870 e. The lowest BCUT2D eigenvalue weighted by molar-refractivity contribution is -0.941. The fourth-order valence-electron chi connectivity index (χ4n) is 3.84. The Bertz CT molecular complexity index is 181. The smallest absolute Gasteiger partial charge is 0.0890 e. The molecule has 1 heterocycles. The van der Waals surface area contributed by atoms with Gasteiger partial charge in [0.2, 0.25) is 0 Å². The number of hydrogen-bond acceptors (Lipinski definition) is 1. The van der Waals surface area contributed by atoms with Crippen LogP contribution in [0, 0.1) is 0 Å². The maximum Gasteiger partial charge on any atom is 0.0890 e. The van der Waals surface area contributed by atoms with E-state index in [2.05, 4.69) is 6.92 Å². The number of hydrogen-bond donors (Lipinski definition) is 0. The fourth-order valence-corrected chi connectivity index (χ4v) is 3.84. The highest BCUT2D eigenvalue weighted by Gasteiger charge is 2.39. The standard InChI is InChI=1S/C14H28N.H2O/c1-2-3-11-15(12-7-8-13-15)14-9-5-4-6-10-14;/h14H,2-13H2,1H3;1H2/q+1;/p-1. The van der Waals surface area contributed by atoms with Crippen molar-refractivity contribution in [3.05, 3.63) is 0 Å². The maximum atomic E-state index is 2.34. The number of rotatable bonds is 4.